The third kappa shape index (κ3) is 9.52. The van der Waals surface area contributed by atoms with Crippen LogP contribution in [0.2, 0.25) is 0 Å². The smallest absolute Gasteiger partial charge is 0.336 e. The molecule has 0 saturated carbocycles. The fourth-order valence-electron chi connectivity index (χ4n) is 1.40. The summed E-state index contributed by atoms with van der Waals surface area (Å²) in [6.45, 7) is 2.41. The number of quaternary nitrogens is 1. The van der Waals surface area contributed by atoms with Crippen LogP contribution >= 0.6 is 7.77 Å². The number of carbonyl (C=O) groups excluding carboxylic acids is 1. The summed E-state index contributed by atoms with van der Waals surface area (Å²) in [4.78, 5) is 33.9. The van der Waals surface area contributed by atoms with Crippen molar-refractivity contribution in [1.82, 2.24) is 0 Å². The van der Waals surface area contributed by atoms with Crippen LogP contribution in [-0.2, 0) is 14.3 Å². The number of nitrogens with zero attached hydrogens (tertiary/aromatic N) is 1. The van der Waals surface area contributed by atoms with Crippen molar-refractivity contribution in [3.8, 4) is 0 Å². The molecule has 21 heavy (non-hydrogen) atoms. The molecule has 0 bridgehead atoms. The second-order valence-electron chi connectivity index (χ2n) is 5.76. The molecule has 0 aromatic carbocycles. The molecule has 2 unspecified atom stereocenters. The van der Waals surface area contributed by atoms with Gasteiger partial charge >= 0.3 is 11.9 Å². The summed E-state index contributed by atoms with van der Waals surface area (Å²) in [7, 11) is 4.39. The van der Waals surface area contributed by atoms with Gasteiger partial charge in [0.05, 0.1) is 35.3 Å². The Morgan fingerprint density at radius 1 is 1.33 bits per heavy atom. The van der Waals surface area contributed by atoms with E-state index in [4.69, 9.17) is 9.84 Å². The van der Waals surface area contributed by atoms with Gasteiger partial charge in [-0.15, -0.1) is 0 Å². The molecule has 0 fully saturated rings. The van der Waals surface area contributed by atoms with Crippen LogP contribution in [0.3, 0.4) is 0 Å². The highest BCUT2D eigenvalue weighted by atomic mass is 31.1. The van der Waals surface area contributed by atoms with Gasteiger partial charge in [0.25, 0.3) is 0 Å². The highest BCUT2D eigenvalue weighted by Crippen LogP contribution is 2.17. The Morgan fingerprint density at radius 2 is 1.90 bits per heavy atom. The summed E-state index contributed by atoms with van der Waals surface area (Å²) in [5.74, 6) is -2.29. The maximum absolute atomic E-state index is 12.1. The number of ether oxygens (including phenoxy) is 1. The molecular formula is C13H25NO6P+. The van der Waals surface area contributed by atoms with Crippen LogP contribution in [-0.4, -0.2) is 78.5 Å². The van der Waals surface area contributed by atoms with Gasteiger partial charge in [-0.2, -0.15) is 0 Å². The number of aliphatic hydroxyl groups is 1. The van der Waals surface area contributed by atoms with Gasteiger partial charge in [-0.05, 0) is 0 Å². The number of carboxylic acid groups (broad SMARTS) is 1. The molecule has 0 heterocycles. The molecule has 122 valence electrons. The van der Waals surface area contributed by atoms with E-state index in [2.05, 4.69) is 0 Å². The summed E-state index contributed by atoms with van der Waals surface area (Å²) in [6.07, 6.45) is -1.38. The number of rotatable bonds is 9. The molecule has 2 N–H and O–H groups in total. The molecule has 0 rings (SSSR count). The maximum atomic E-state index is 12.1. The first-order valence-electron chi connectivity index (χ1n) is 6.73. The van der Waals surface area contributed by atoms with Crippen LogP contribution < -0.4 is 4.89 Å². The summed E-state index contributed by atoms with van der Waals surface area (Å²) in [5, 5.41) is 18.4. The third-order valence-electron chi connectivity index (χ3n) is 2.76. The topological polar surface area (TPSA) is 107 Å². The van der Waals surface area contributed by atoms with E-state index in [1.54, 1.807) is 0 Å². The van der Waals surface area contributed by atoms with E-state index in [0.29, 0.717) is 22.4 Å². The number of carbonyl (C=O) groups is 2. The Morgan fingerprint density at radius 3 is 2.33 bits per heavy atom. The first kappa shape index (κ1) is 20.0. The molecule has 0 aliphatic heterocycles. The van der Waals surface area contributed by atoms with Crippen molar-refractivity contribution in [2.45, 2.75) is 25.9 Å². The van der Waals surface area contributed by atoms with Crippen molar-refractivity contribution in [3.63, 3.8) is 0 Å². The minimum Gasteiger partial charge on any atom is -0.630 e. The molecular weight excluding hydrogens is 297 g/mol. The standard InChI is InChI=1S/C13H24NO6P/c1-5-10(21(19)7-6-14(2,3)4)9-20-13(18)11(15)8-12(16)17/h11,15H,5-9H2,1-4H3/p+1. The Balaban J connectivity index is 4.49. The van der Waals surface area contributed by atoms with Crippen LogP contribution in [0.4, 0.5) is 0 Å². The van der Waals surface area contributed by atoms with Crippen LogP contribution in [0.15, 0.2) is 0 Å². The van der Waals surface area contributed by atoms with Gasteiger partial charge < -0.3 is 24.3 Å². The number of aliphatic carboxylic acids is 1. The van der Waals surface area contributed by atoms with Crippen LogP contribution in [0.25, 0.3) is 0 Å². The Bertz CT molecular complexity index is 402. The van der Waals surface area contributed by atoms with E-state index >= 15 is 0 Å². The molecule has 0 spiro atoms. The van der Waals surface area contributed by atoms with Gasteiger partial charge in [0.15, 0.2) is 18.9 Å². The molecule has 0 aliphatic rings. The average molecular weight is 322 g/mol. The van der Waals surface area contributed by atoms with E-state index in [-0.39, 0.29) is 6.61 Å². The fraction of sp³-hybridized carbons (Fsp3) is 0.769. The Labute approximate surface area is 126 Å². The second-order valence-corrected chi connectivity index (χ2v) is 7.59. The van der Waals surface area contributed by atoms with E-state index < -0.39 is 32.2 Å². The zero-order valence-electron chi connectivity index (χ0n) is 13.0. The highest BCUT2D eigenvalue weighted by molar-refractivity contribution is 7.51. The van der Waals surface area contributed by atoms with Crippen molar-refractivity contribution in [2.75, 3.05) is 40.5 Å². The van der Waals surface area contributed by atoms with Crippen molar-refractivity contribution >= 4 is 25.0 Å². The summed E-state index contributed by atoms with van der Waals surface area (Å²) < 4.78 is 5.52. The summed E-state index contributed by atoms with van der Waals surface area (Å²) in [6, 6.07) is 0. The van der Waals surface area contributed by atoms with Gasteiger partial charge in [0.2, 0.25) is 0 Å². The number of carboxylic acids is 1. The molecule has 0 aliphatic carbocycles. The third-order valence-corrected chi connectivity index (χ3v) is 4.51. The van der Waals surface area contributed by atoms with Crippen molar-refractivity contribution < 1.29 is 33.9 Å². The Kier molecular flexibility index (Phi) is 8.66. The van der Waals surface area contributed by atoms with E-state index in [9.17, 15) is 19.6 Å². The molecule has 0 saturated heterocycles. The second kappa shape index (κ2) is 9.10. The van der Waals surface area contributed by atoms with Crippen molar-refractivity contribution in [2.24, 2.45) is 0 Å². The van der Waals surface area contributed by atoms with Gasteiger partial charge in [-0.1, -0.05) is 6.92 Å². The quantitative estimate of drug-likeness (QED) is 0.334. The number of esters is 1. The molecule has 7 nitrogen and oxygen atoms in total. The average Bonchev–Trinajstić information content (AvgIpc) is 2.35. The number of hydrogen-bond acceptors (Lipinski definition) is 5. The van der Waals surface area contributed by atoms with Crippen molar-refractivity contribution in [3.05, 3.63) is 0 Å². The SMILES string of the molecule is CCC(COC(=O)C(O)CC(=O)O)=[P+]([O-])CC[N+](C)(C)C. The zero-order valence-corrected chi connectivity index (χ0v) is 13.9. The predicted molar refractivity (Wildman–Crippen MR) is 79.2 cm³/mol. The maximum Gasteiger partial charge on any atom is 0.336 e. The normalized spacial score (nSPS) is 14.4. The van der Waals surface area contributed by atoms with Crippen LogP contribution in [0.1, 0.15) is 19.8 Å². The monoisotopic (exact) mass is 322 g/mol. The molecule has 0 amide bonds. The van der Waals surface area contributed by atoms with Gasteiger partial charge in [0, 0.05) is 6.42 Å². The first-order chi connectivity index (χ1) is 9.56. The molecule has 2 atom stereocenters. The van der Waals surface area contributed by atoms with Gasteiger partial charge in [-0.25, -0.2) is 4.79 Å². The van der Waals surface area contributed by atoms with Crippen LogP contribution in [0.5, 0.6) is 0 Å². The molecule has 0 aromatic heterocycles. The first-order valence-corrected chi connectivity index (χ1v) is 8.17. The number of aliphatic hydroxyl groups excluding tert-OH is 1. The van der Waals surface area contributed by atoms with E-state index in [1.807, 2.05) is 28.1 Å². The lowest BCUT2D eigenvalue weighted by Gasteiger charge is -2.22. The minimum absolute atomic E-state index is 0.141. The Hall–Kier alpha value is -1.01. The lowest BCUT2D eigenvalue weighted by Crippen LogP contribution is -2.37. The lowest BCUT2D eigenvalue weighted by atomic mass is 10.2. The molecule has 0 aromatic rings. The van der Waals surface area contributed by atoms with Gasteiger partial charge in [-0.3, -0.25) is 4.79 Å². The lowest BCUT2D eigenvalue weighted by molar-refractivity contribution is -0.867. The molecule has 0 radical (unpaired) electrons. The summed E-state index contributed by atoms with van der Waals surface area (Å²) in [5.41, 5.74) is 0. The van der Waals surface area contributed by atoms with E-state index in [1.165, 1.54) is 0 Å². The zero-order chi connectivity index (χ0) is 16.6. The van der Waals surface area contributed by atoms with Crippen molar-refractivity contribution in [1.29, 1.82) is 0 Å². The highest BCUT2D eigenvalue weighted by Gasteiger charge is 2.22. The van der Waals surface area contributed by atoms with E-state index in [0.717, 1.165) is 6.54 Å². The molecule has 8 heteroatoms. The van der Waals surface area contributed by atoms with Gasteiger partial charge in [0.1, 0.15) is 11.8 Å². The van der Waals surface area contributed by atoms with Crippen LogP contribution in [0, 0.1) is 0 Å². The minimum atomic E-state index is -1.69. The predicted octanol–water partition coefficient (Wildman–Crippen LogP) is -0.589. The fourth-order valence-corrected chi connectivity index (χ4v) is 3.06. The largest absolute Gasteiger partial charge is 0.630 e. The summed E-state index contributed by atoms with van der Waals surface area (Å²) >= 11 is 0. The number of hydrogen-bond donors (Lipinski definition) is 2.